The van der Waals surface area contributed by atoms with Crippen LogP contribution in [-0.4, -0.2) is 35.4 Å². The standard InChI is InChI=1S/C25H23ClN4O3/c1-16-12-19(17(2)30(16)21-13-20(26)9-10-22(21)32-3)14-28-29-24(31)15-33-23-8-4-6-18-7-5-11-27-25(18)23/h4-14H,15H2,1-3H3,(H,29,31)/b28-14+. The van der Waals surface area contributed by atoms with Gasteiger partial charge in [0.15, 0.2) is 6.61 Å². The minimum Gasteiger partial charge on any atom is -0.495 e. The lowest BCUT2D eigenvalue weighted by Gasteiger charge is -2.14. The van der Waals surface area contributed by atoms with E-state index in [0.717, 1.165) is 28.0 Å². The topological polar surface area (TPSA) is 77.7 Å². The van der Waals surface area contributed by atoms with Gasteiger partial charge in [-0.15, -0.1) is 0 Å². The Balaban J connectivity index is 1.44. The predicted molar refractivity (Wildman–Crippen MR) is 130 cm³/mol. The Morgan fingerprint density at radius 3 is 2.79 bits per heavy atom. The Morgan fingerprint density at radius 1 is 1.15 bits per heavy atom. The molecular formula is C25H23ClN4O3. The van der Waals surface area contributed by atoms with E-state index in [0.29, 0.717) is 22.0 Å². The van der Waals surface area contributed by atoms with E-state index >= 15 is 0 Å². The van der Waals surface area contributed by atoms with Crippen molar-refractivity contribution in [3.63, 3.8) is 0 Å². The van der Waals surface area contributed by atoms with Gasteiger partial charge in [0.2, 0.25) is 0 Å². The normalized spacial score (nSPS) is 11.2. The summed E-state index contributed by atoms with van der Waals surface area (Å²) in [7, 11) is 1.62. The molecule has 168 valence electrons. The molecule has 0 atom stereocenters. The fourth-order valence-corrected chi connectivity index (χ4v) is 3.84. The van der Waals surface area contributed by atoms with Crippen molar-refractivity contribution in [2.75, 3.05) is 13.7 Å². The number of hydrogen-bond donors (Lipinski definition) is 1. The van der Waals surface area contributed by atoms with Gasteiger partial charge in [-0.05, 0) is 50.2 Å². The number of nitrogens with one attached hydrogen (secondary N) is 1. The van der Waals surface area contributed by atoms with Gasteiger partial charge >= 0.3 is 0 Å². The largest absolute Gasteiger partial charge is 0.495 e. The maximum absolute atomic E-state index is 12.2. The third-order valence-electron chi connectivity index (χ3n) is 5.20. The number of hydrazone groups is 1. The molecule has 0 aliphatic heterocycles. The Hall–Kier alpha value is -3.84. The van der Waals surface area contributed by atoms with E-state index in [1.807, 2.05) is 60.9 Å². The number of ether oxygens (including phenoxy) is 2. The molecule has 0 spiro atoms. The lowest BCUT2D eigenvalue weighted by Crippen LogP contribution is -2.24. The number of pyridine rings is 1. The average molecular weight is 463 g/mol. The molecule has 8 heteroatoms. The number of carbonyl (C=O) groups excluding carboxylic acids is 1. The average Bonchev–Trinajstić information content (AvgIpc) is 3.10. The van der Waals surface area contributed by atoms with E-state index < -0.39 is 0 Å². The van der Waals surface area contributed by atoms with Crippen LogP contribution in [0.15, 0.2) is 65.9 Å². The minimum atomic E-state index is -0.371. The van der Waals surface area contributed by atoms with Gasteiger partial charge in [-0.25, -0.2) is 5.43 Å². The Kier molecular flexibility index (Phi) is 6.60. The van der Waals surface area contributed by atoms with Crippen LogP contribution in [0.2, 0.25) is 5.02 Å². The number of carbonyl (C=O) groups is 1. The molecule has 0 bridgehead atoms. The van der Waals surface area contributed by atoms with Gasteiger partial charge in [-0.3, -0.25) is 9.78 Å². The lowest BCUT2D eigenvalue weighted by atomic mass is 10.2. The molecule has 2 aromatic carbocycles. The number of para-hydroxylation sites is 1. The van der Waals surface area contributed by atoms with E-state index in [1.54, 1.807) is 31.7 Å². The number of hydrogen-bond acceptors (Lipinski definition) is 5. The van der Waals surface area contributed by atoms with Crippen molar-refractivity contribution in [2.45, 2.75) is 13.8 Å². The molecule has 0 fully saturated rings. The number of benzene rings is 2. The molecule has 1 N–H and O–H groups in total. The van der Waals surface area contributed by atoms with E-state index in [-0.39, 0.29) is 12.5 Å². The van der Waals surface area contributed by atoms with Crippen LogP contribution in [0.25, 0.3) is 16.6 Å². The summed E-state index contributed by atoms with van der Waals surface area (Å²) < 4.78 is 13.2. The number of methoxy groups -OCH3 is 1. The summed E-state index contributed by atoms with van der Waals surface area (Å²) in [6.45, 7) is 3.77. The summed E-state index contributed by atoms with van der Waals surface area (Å²) in [5.41, 5.74) is 6.82. The van der Waals surface area contributed by atoms with Crippen LogP contribution < -0.4 is 14.9 Å². The van der Waals surface area contributed by atoms with Crippen LogP contribution in [0.3, 0.4) is 0 Å². The van der Waals surface area contributed by atoms with Gasteiger partial charge < -0.3 is 14.0 Å². The summed E-state index contributed by atoms with van der Waals surface area (Å²) >= 11 is 6.20. The molecule has 0 saturated heterocycles. The number of fused-ring (bicyclic) bond motifs is 1. The first kappa shape index (κ1) is 22.4. The molecule has 0 aliphatic carbocycles. The minimum absolute atomic E-state index is 0.175. The van der Waals surface area contributed by atoms with Crippen molar-refractivity contribution in [1.29, 1.82) is 0 Å². The molecule has 0 radical (unpaired) electrons. The van der Waals surface area contributed by atoms with Gasteiger partial charge in [-0.1, -0.05) is 29.8 Å². The maximum Gasteiger partial charge on any atom is 0.277 e. The van der Waals surface area contributed by atoms with E-state index in [2.05, 4.69) is 15.5 Å². The SMILES string of the molecule is COc1ccc(Cl)cc1-n1c(C)cc(/C=N/NC(=O)COc2cccc3cccnc23)c1C. The maximum atomic E-state index is 12.2. The zero-order chi connectivity index (χ0) is 23.4. The van der Waals surface area contributed by atoms with Crippen molar-refractivity contribution in [3.05, 3.63) is 82.8 Å². The molecule has 4 aromatic rings. The Morgan fingerprint density at radius 2 is 1.97 bits per heavy atom. The number of amides is 1. The summed E-state index contributed by atoms with van der Waals surface area (Å²) in [5.74, 6) is 0.883. The molecule has 2 heterocycles. The van der Waals surface area contributed by atoms with Crippen LogP contribution in [0, 0.1) is 13.8 Å². The fourth-order valence-electron chi connectivity index (χ4n) is 3.67. The first-order chi connectivity index (χ1) is 16.0. The van der Waals surface area contributed by atoms with Crippen LogP contribution in [0.5, 0.6) is 11.5 Å². The summed E-state index contributed by atoms with van der Waals surface area (Å²) in [5, 5.41) is 5.65. The van der Waals surface area contributed by atoms with E-state index in [1.165, 1.54) is 0 Å². The molecule has 4 rings (SSSR count). The molecular weight excluding hydrogens is 440 g/mol. The fraction of sp³-hybridized carbons (Fsp3) is 0.160. The number of rotatable bonds is 7. The predicted octanol–water partition coefficient (Wildman–Crippen LogP) is 4.83. The smallest absolute Gasteiger partial charge is 0.277 e. The van der Waals surface area contributed by atoms with Crippen molar-refractivity contribution >= 4 is 34.6 Å². The van der Waals surface area contributed by atoms with Crippen LogP contribution in [0.4, 0.5) is 0 Å². The molecule has 2 aromatic heterocycles. The van der Waals surface area contributed by atoms with Crippen molar-refractivity contribution < 1.29 is 14.3 Å². The zero-order valence-electron chi connectivity index (χ0n) is 18.5. The van der Waals surface area contributed by atoms with Crippen molar-refractivity contribution in [1.82, 2.24) is 15.0 Å². The van der Waals surface area contributed by atoms with Gasteiger partial charge in [0.1, 0.15) is 17.0 Å². The van der Waals surface area contributed by atoms with Crippen molar-refractivity contribution in [2.24, 2.45) is 5.10 Å². The number of aromatic nitrogens is 2. The van der Waals surface area contributed by atoms with Crippen molar-refractivity contribution in [3.8, 4) is 17.2 Å². The highest BCUT2D eigenvalue weighted by molar-refractivity contribution is 6.30. The Labute approximate surface area is 196 Å². The summed E-state index contributed by atoms with van der Waals surface area (Å²) in [6, 6.07) is 16.8. The highest BCUT2D eigenvalue weighted by Crippen LogP contribution is 2.30. The molecule has 33 heavy (non-hydrogen) atoms. The first-order valence-electron chi connectivity index (χ1n) is 10.3. The quantitative estimate of drug-likeness (QED) is 0.315. The Bertz CT molecular complexity index is 1340. The van der Waals surface area contributed by atoms with Gasteiger partial charge in [0.25, 0.3) is 5.91 Å². The summed E-state index contributed by atoms with van der Waals surface area (Å²) in [4.78, 5) is 16.6. The van der Waals surface area contributed by atoms with Gasteiger partial charge in [0, 0.05) is 33.6 Å². The first-order valence-corrected chi connectivity index (χ1v) is 10.7. The second kappa shape index (κ2) is 9.75. The van der Waals surface area contributed by atoms with Crippen LogP contribution in [-0.2, 0) is 4.79 Å². The lowest BCUT2D eigenvalue weighted by molar-refractivity contribution is -0.123. The third kappa shape index (κ3) is 4.83. The van der Waals surface area contributed by atoms with E-state index in [4.69, 9.17) is 21.1 Å². The molecule has 0 saturated carbocycles. The number of halogens is 1. The summed E-state index contributed by atoms with van der Waals surface area (Å²) in [6.07, 6.45) is 3.29. The monoisotopic (exact) mass is 462 g/mol. The number of aryl methyl sites for hydroxylation is 1. The highest BCUT2D eigenvalue weighted by atomic mass is 35.5. The van der Waals surface area contributed by atoms with Gasteiger partial charge in [-0.2, -0.15) is 5.10 Å². The zero-order valence-corrected chi connectivity index (χ0v) is 19.3. The number of nitrogens with zero attached hydrogens (tertiary/aromatic N) is 3. The second-order valence-electron chi connectivity index (χ2n) is 7.39. The molecule has 0 unspecified atom stereocenters. The molecule has 7 nitrogen and oxygen atoms in total. The molecule has 1 amide bonds. The second-order valence-corrected chi connectivity index (χ2v) is 7.83. The molecule has 0 aliphatic rings. The van der Waals surface area contributed by atoms with E-state index in [9.17, 15) is 4.79 Å². The van der Waals surface area contributed by atoms with Gasteiger partial charge in [0.05, 0.1) is 19.0 Å². The van der Waals surface area contributed by atoms with Crippen LogP contribution >= 0.6 is 11.6 Å². The van der Waals surface area contributed by atoms with Crippen LogP contribution in [0.1, 0.15) is 17.0 Å². The highest BCUT2D eigenvalue weighted by Gasteiger charge is 2.14. The third-order valence-corrected chi connectivity index (χ3v) is 5.43.